The van der Waals surface area contributed by atoms with Crippen LogP contribution >= 0.6 is 0 Å². The lowest BCUT2D eigenvalue weighted by Gasteiger charge is -2.30. The molecule has 2 amide bonds. The van der Waals surface area contributed by atoms with E-state index in [1.165, 1.54) is 6.92 Å². The molecule has 1 aliphatic rings. The molecule has 5 heteroatoms. The lowest BCUT2D eigenvalue weighted by atomic mass is 9.95. The third-order valence-corrected chi connectivity index (χ3v) is 3.85. The van der Waals surface area contributed by atoms with Crippen molar-refractivity contribution < 1.29 is 14.4 Å². The summed E-state index contributed by atoms with van der Waals surface area (Å²) in [6, 6.07) is 6.94. The number of Topliss-reactive ketones (excluding diaryl/α,β-unsaturated/α-hetero) is 1. The van der Waals surface area contributed by atoms with Crippen molar-refractivity contribution >= 4 is 23.3 Å². The molecule has 0 aromatic heterocycles. The van der Waals surface area contributed by atoms with Crippen LogP contribution in [0.1, 0.15) is 37.0 Å². The minimum atomic E-state index is -0.0819. The minimum Gasteiger partial charge on any atom is -0.343 e. The van der Waals surface area contributed by atoms with Gasteiger partial charge in [0.25, 0.3) is 0 Å². The van der Waals surface area contributed by atoms with Crippen molar-refractivity contribution in [1.82, 2.24) is 4.90 Å². The van der Waals surface area contributed by atoms with E-state index < -0.39 is 0 Å². The van der Waals surface area contributed by atoms with Crippen LogP contribution in [-0.2, 0) is 9.59 Å². The van der Waals surface area contributed by atoms with Gasteiger partial charge in [-0.3, -0.25) is 14.4 Å². The van der Waals surface area contributed by atoms with E-state index in [0.717, 1.165) is 0 Å². The van der Waals surface area contributed by atoms with Crippen molar-refractivity contribution in [3.63, 3.8) is 0 Å². The van der Waals surface area contributed by atoms with Gasteiger partial charge in [0.2, 0.25) is 11.8 Å². The molecule has 1 aromatic carbocycles. The van der Waals surface area contributed by atoms with Gasteiger partial charge in [0.05, 0.1) is 0 Å². The second-order valence-corrected chi connectivity index (χ2v) is 5.41. The van der Waals surface area contributed by atoms with Crippen LogP contribution in [0.4, 0.5) is 5.69 Å². The predicted molar refractivity (Wildman–Crippen MR) is 80.1 cm³/mol. The van der Waals surface area contributed by atoms with Gasteiger partial charge in [0.1, 0.15) is 0 Å². The topological polar surface area (TPSA) is 66.5 Å². The van der Waals surface area contributed by atoms with E-state index in [9.17, 15) is 14.4 Å². The fraction of sp³-hybridized carbons (Fsp3) is 0.438. The SMILES string of the molecule is CC(=O)c1cccc(NC(=O)C2CCN(C(C)=O)CC2)c1. The number of piperidine rings is 1. The predicted octanol–water partition coefficient (Wildman–Crippen LogP) is 2.09. The van der Waals surface area contributed by atoms with Crippen LogP contribution in [0, 0.1) is 5.92 Å². The molecule has 1 N–H and O–H groups in total. The molecule has 1 saturated heterocycles. The first-order valence-corrected chi connectivity index (χ1v) is 7.14. The first kappa shape index (κ1) is 15.2. The highest BCUT2D eigenvalue weighted by Crippen LogP contribution is 2.20. The number of carbonyl (C=O) groups is 3. The molecular weight excluding hydrogens is 268 g/mol. The summed E-state index contributed by atoms with van der Waals surface area (Å²) in [5.74, 6) is -0.0932. The minimum absolute atomic E-state index is 0.0270. The lowest BCUT2D eigenvalue weighted by Crippen LogP contribution is -2.40. The summed E-state index contributed by atoms with van der Waals surface area (Å²) in [6.45, 7) is 4.30. The Bertz CT molecular complexity index is 560. The fourth-order valence-electron chi connectivity index (χ4n) is 2.52. The van der Waals surface area contributed by atoms with Gasteiger partial charge < -0.3 is 10.2 Å². The molecule has 1 aliphatic heterocycles. The van der Waals surface area contributed by atoms with Crippen molar-refractivity contribution in [2.45, 2.75) is 26.7 Å². The van der Waals surface area contributed by atoms with Crippen molar-refractivity contribution in [3.8, 4) is 0 Å². The van der Waals surface area contributed by atoms with Crippen molar-refractivity contribution in [2.24, 2.45) is 5.92 Å². The molecular formula is C16H20N2O3. The van der Waals surface area contributed by atoms with Gasteiger partial charge in [0.15, 0.2) is 5.78 Å². The molecule has 0 saturated carbocycles. The van der Waals surface area contributed by atoms with Gasteiger partial charge in [-0.25, -0.2) is 0 Å². The van der Waals surface area contributed by atoms with Gasteiger partial charge in [-0.05, 0) is 31.9 Å². The van der Waals surface area contributed by atoms with E-state index in [1.807, 2.05) is 0 Å². The summed E-state index contributed by atoms with van der Waals surface area (Å²) >= 11 is 0. The summed E-state index contributed by atoms with van der Waals surface area (Å²) in [5.41, 5.74) is 1.22. The first-order valence-electron chi connectivity index (χ1n) is 7.14. The van der Waals surface area contributed by atoms with E-state index in [2.05, 4.69) is 5.32 Å². The molecule has 0 atom stereocenters. The third-order valence-electron chi connectivity index (χ3n) is 3.85. The molecule has 1 aromatic rings. The average molecular weight is 288 g/mol. The standard InChI is InChI=1S/C16H20N2O3/c1-11(19)14-4-3-5-15(10-14)17-16(21)13-6-8-18(9-7-13)12(2)20/h3-5,10,13H,6-9H2,1-2H3,(H,17,21). The number of amides is 2. The molecule has 1 fully saturated rings. The number of nitrogens with one attached hydrogen (secondary N) is 1. The molecule has 0 spiro atoms. The van der Waals surface area contributed by atoms with Gasteiger partial charge in [-0.2, -0.15) is 0 Å². The van der Waals surface area contributed by atoms with Crippen LogP contribution < -0.4 is 5.32 Å². The average Bonchev–Trinajstić information content (AvgIpc) is 2.47. The Labute approximate surface area is 124 Å². The summed E-state index contributed by atoms with van der Waals surface area (Å²) in [7, 11) is 0. The summed E-state index contributed by atoms with van der Waals surface area (Å²) in [4.78, 5) is 36.6. The number of ketones is 1. The number of hydrogen-bond acceptors (Lipinski definition) is 3. The van der Waals surface area contributed by atoms with Crippen LogP contribution in [0.2, 0.25) is 0 Å². The van der Waals surface area contributed by atoms with Crippen molar-refractivity contribution in [2.75, 3.05) is 18.4 Å². The number of nitrogens with zero attached hydrogens (tertiary/aromatic N) is 1. The van der Waals surface area contributed by atoms with Gasteiger partial charge in [-0.1, -0.05) is 12.1 Å². The second kappa shape index (κ2) is 6.52. The Morgan fingerprint density at radius 2 is 1.81 bits per heavy atom. The highest BCUT2D eigenvalue weighted by molar-refractivity contribution is 5.97. The van der Waals surface area contributed by atoms with E-state index in [-0.39, 0.29) is 23.5 Å². The zero-order valence-electron chi connectivity index (χ0n) is 12.4. The number of hydrogen-bond donors (Lipinski definition) is 1. The fourth-order valence-corrected chi connectivity index (χ4v) is 2.52. The molecule has 1 heterocycles. The number of rotatable bonds is 3. The smallest absolute Gasteiger partial charge is 0.227 e. The Morgan fingerprint density at radius 1 is 1.14 bits per heavy atom. The molecule has 0 unspecified atom stereocenters. The Kier molecular flexibility index (Phi) is 4.73. The summed E-state index contributed by atoms with van der Waals surface area (Å²) in [5, 5.41) is 2.86. The van der Waals surface area contributed by atoms with Crippen LogP contribution in [-0.4, -0.2) is 35.6 Å². The largest absolute Gasteiger partial charge is 0.343 e. The van der Waals surface area contributed by atoms with E-state index in [1.54, 1.807) is 36.1 Å². The van der Waals surface area contributed by atoms with Crippen LogP contribution in [0.15, 0.2) is 24.3 Å². The maximum Gasteiger partial charge on any atom is 0.227 e. The highest BCUT2D eigenvalue weighted by Gasteiger charge is 2.26. The summed E-state index contributed by atoms with van der Waals surface area (Å²) in [6.07, 6.45) is 1.36. The second-order valence-electron chi connectivity index (χ2n) is 5.41. The zero-order chi connectivity index (χ0) is 15.4. The van der Waals surface area contributed by atoms with Crippen molar-refractivity contribution in [1.29, 1.82) is 0 Å². The van der Waals surface area contributed by atoms with Crippen LogP contribution in [0.25, 0.3) is 0 Å². The van der Waals surface area contributed by atoms with Gasteiger partial charge in [0, 0.05) is 37.2 Å². The maximum atomic E-state index is 12.2. The molecule has 2 rings (SSSR count). The third kappa shape index (κ3) is 3.90. The molecule has 0 aliphatic carbocycles. The van der Waals surface area contributed by atoms with Crippen LogP contribution in [0.5, 0.6) is 0 Å². The first-order chi connectivity index (χ1) is 9.97. The summed E-state index contributed by atoms with van der Waals surface area (Å²) < 4.78 is 0. The zero-order valence-corrected chi connectivity index (χ0v) is 12.4. The number of anilines is 1. The Morgan fingerprint density at radius 3 is 2.38 bits per heavy atom. The van der Waals surface area contributed by atoms with Crippen LogP contribution in [0.3, 0.4) is 0 Å². The monoisotopic (exact) mass is 288 g/mol. The number of benzene rings is 1. The van der Waals surface area contributed by atoms with Gasteiger partial charge >= 0.3 is 0 Å². The quantitative estimate of drug-likeness (QED) is 0.866. The molecule has 0 bridgehead atoms. The normalized spacial score (nSPS) is 15.6. The van der Waals surface area contributed by atoms with E-state index >= 15 is 0 Å². The highest BCUT2D eigenvalue weighted by atomic mass is 16.2. The maximum absolute atomic E-state index is 12.2. The Balaban J connectivity index is 1.95. The van der Waals surface area contributed by atoms with Gasteiger partial charge in [-0.15, -0.1) is 0 Å². The number of carbonyl (C=O) groups excluding carboxylic acids is 3. The van der Waals surface area contributed by atoms with E-state index in [0.29, 0.717) is 37.2 Å². The molecule has 5 nitrogen and oxygen atoms in total. The molecule has 112 valence electrons. The molecule has 0 radical (unpaired) electrons. The van der Waals surface area contributed by atoms with E-state index in [4.69, 9.17) is 0 Å². The Hall–Kier alpha value is -2.17. The lowest BCUT2D eigenvalue weighted by molar-refractivity contribution is -0.132. The molecule has 21 heavy (non-hydrogen) atoms. The number of likely N-dealkylation sites (tertiary alicyclic amines) is 1. The van der Waals surface area contributed by atoms with Crippen molar-refractivity contribution in [3.05, 3.63) is 29.8 Å².